The molecule has 4 heteroatoms. The molecular formula is C11H16N2O2. The molecule has 0 aliphatic heterocycles. The molecule has 0 aliphatic rings. The fraction of sp³-hybridized carbons (Fsp3) is 0.364. The molecule has 0 saturated carbocycles. The summed E-state index contributed by atoms with van der Waals surface area (Å²) >= 11 is 0. The van der Waals surface area contributed by atoms with Crippen molar-refractivity contribution < 1.29 is 9.90 Å². The molecule has 0 fully saturated rings. The molecule has 0 spiro atoms. The van der Waals surface area contributed by atoms with E-state index in [9.17, 15) is 4.79 Å². The number of hydrogen-bond acceptors (Lipinski definition) is 3. The van der Waals surface area contributed by atoms with Crippen LogP contribution in [0.25, 0.3) is 0 Å². The number of primary amides is 1. The summed E-state index contributed by atoms with van der Waals surface area (Å²) in [7, 11) is 0. The van der Waals surface area contributed by atoms with Gasteiger partial charge in [0.05, 0.1) is 0 Å². The van der Waals surface area contributed by atoms with Crippen molar-refractivity contribution >= 4 is 5.91 Å². The molecule has 4 nitrogen and oxygen atoms in total. The summed E-state index contributed by atoms with van der Waals surface area (Å²) in [6.45, 7) is 0.927. The van der Waals surface area contributed by atoms with Crippen LogP contribution in [0.3, 0.4) is 0 Å². The monoisotopic (exact) mass is 208 g/mol. The number of carbonyl (C=O) groups is 1. The van der Waals surface area contributed by atoms with Crippen LogP contribution in [-0.4, -0.2) is 30.2 Å². The minimum Gasteiger partial charge on any atom is -0.382 e. The van der Waals surface area contributed by atoms with Crippen LogP contribution in [0.15, 0.2) is 30.3 Å². The van der Waals surface area contributed by atoms with Crippen LogP contribution in [0.1, 0.15) is 5.56 Å². The molecule has 0 saturated heterocycles. The molecule has 1 aromatic rings. The van der Waals surface area contributed by atoms with Crippen LogP contribution in [0.4, 0.5) is 0 Å². The van der Waals surface area contributed by atoms with Gasteiger partial charge in [-0.1, -0.05) is 30.3 Å². The highest BCUT2D eigenvalue weighted by Crippen LogP contribution is 1.97. The Morgan fingerprint density at radius 3 is 2.67 bits per heavy atom. The fourth-order valence-corrected chi connectivity index (χ4v) is 1.22. The number of aliphatic hydroxyl groups excluding tert-OH is 1. The van der Waals surface area contributed by atoms with Crippen molar-refractivity contribution in [2.75, 3.05) is 13.1 Å². The van der Waals surface area contributed by atoms with Gasteiger partial charge < -0.3 is 16.2 Å². The molecule has 1 unspecified atom stereocenters. The first-order chi connectivity index (χ1) is 7.20. The van der Waals surface area contributed by atoms with Crippen LogP contribution in [-0.2, 0) is 11.2 Å². The van der Waals surface area contributed by atoms with E-state index < -0.39 is 12.0 Å². The van der Waals surface area contributed by atoms with Gasteiger partial charge in [-0.3, -0.25) is 4.79 Å². The van der Waals surface area contributed by atoms with Crippen LogP contribution in [0.5, 0.6) is 0 Å². The van der Waals surface area contributed by atoms with Gasteiger partial charge in [0.2, 0.25) is 5.91 Å². The number of benzene rings is 1. The number of hydrogen-bond donors (Lipinski definition) is 3. The number of amides is 1. The lowest BCUT2D eigenvalue weighted by Crippen LogP contribution is -2.38. The Kier molecular flexibility index (Phi) is 4.80. The topological polar surface area (TPSA) is 75.4 Å². The summed E-state index contributed by atoms with van der Waals surface area (Å²) in [4.78, 5) is 10.5. The standard InChI is InChI=1S/C11H16N2O2/c12-11(15)10(14)8-13-7-6-9-4-2-1-3-5-9/h1-5,10,13-14H,6-8H2,(H2,12,15). The predicted molar refractivity (Wildman–Crippen MR) is 58.2 cm³/mol. The van der Waals surface area contributed by atoms with Crippen molar-refractivity contribution in [3.63, 3.8) is 0 Å². The van der Waals surface area contributed by atoms with Gasteiger partial charge in [0.25, 0.3) is 0 Å². The average molecular weight is 208 g/mol. The molecule has 0 aliphatic carbocycles. The third-order valence-corrected chi connectivity index (χ3v) is 2.10. The van der Waals surface area contributed by atoms with Gasteiger partial charge in [-0.2, -0.15) is 0 Å². The fourth-order valence-electron chi connectivity index (χ4n) is 1.22. The van der Waals surface area contributed by atoms with E-state index >= 15 is 0 Å². The van der Waals surface area contributed by atoms with Gasteiger partial charge in [0, 0.05) is 6.54 Å². The van der Waals surface area contributed by atoms with Gasteiger partial charge in [-0.05, 0) is 18.5 Å². The van der Waals surface area contributed by atoms with Crippen molar-refractivity contribution in [2.24, 2.45) is 5.73 Å². The van der Waals surface area contributed by atoms with E-state index in [1.54, 1.807) is 0 Å². The molecule has 1 rings (SSSR count). The SMILES string of the molecule is NC(=O)C(O)CNCCc1ccccc1. The van der Waals surface area contributed by atoms with E-state index in [1.165, 1.54) is 5.56 Å². The Balaban J connectivity index is 2.15. The number of nitrogens with one attached hydrogen (secondary N) is 1. The van der Waals surface area contributed by atoms with E-state index in [1.807, 2.05) is 30.3 Å². The van der Waals surface area contributed by atoms with Gasteiger partial charge >= 0.3 is 0 Å². The predicted octanol–water partition coefficient (Wildman–Crippen LogP) is -0.335. The second-order valence-corrected chi connectivity index (χ2v) is 3.36. The van der Waals surface area contributed by atoms with Crippen molar-refractivity contribution in [3.05, 3.63) is 35.9 Å². The Labute approximate surface area is 89.1 Å². The van der Waals surface area contributed by atoms with E-state index in [0.29, 0.717) is 6.54 Å². The molecule has 0 bridgehead atoms. The summed E-state index contributed by atoms with van der Waals surface area (Å²) in [6, 6.07) is 9.99. The highest BCUT2D eigenvalue weighted by molar-refractivity contribution is 5.78. The lowest BCUT2D eigenvalue weighted by Gasteiger charge is -2.07. The normalized spacial score (nSPS) is 12.3. The Hall–Kier alpha value is -1.39. The molecule has 1 amide bonds. The van der Waals surface area contributed by atoms with Crippen LogP contribution >= 0.6 is 0 Å². The first-order valence-electron chi connectivity index (χ1n) is 4.92. The van der Waals surface area contributed by atoms with Crippen molar-refractivity contribution in [3.8, 4) is 0 Å². The van der Waals surface area contributed by atoms with Gasteiger partial charge in [0.15, 0.2) is 0 Å². The zero-order chi connectivity index (χ0) is 11.1. The molecule has 0 radical (unpaired) electrons. The summed E-state index contributed by atoms with van der Waals surface area (Å²) < 4.78 is 0. The third kappa shape index (κ3) is 4.58. The average Bonchev–Trinajstić information content (AvgIpc) is 2.25. The number of aliphatic hydroxyl groups is 1. The number of nitrogens with two attached hydrogens (primary N) is 1. The summed E-state index contributed by atoms with van der Waals surface area (Å²) in [5, 5.41) is 12.1. The zero-order valence-corrected chi connectivity index (χ0v) is 8.52. The van der Waals surface area contributed by atoms with Crippen molar-refractivity contribution in [1.82, 2.24) is 5.32 Å². The molecule has 15 heavy (non-hydrogen) atoms. The minimum atomic E-state index is -1.10. The first-order valence-corrected chi connectivity index (χ1v) is 4.92. The lowest BCUT2D eigenvalue weighted by molar-refractivity contribution is -0.125. The molecule has 0 heterocycles. The highest BCUT2D eigenvalue weighted by Gasteiger charge is 2.08. The van der Waals surface area contributed by atoms with E-state index in [2.05, 4.69) is 5.32 Å². The molecular weight excluding hydrogens is 192 g/mol. The Morgan fingerprint density at radius 2 is 2.07 bits per heavy atom. The summed E-state index contributed by atoms with van der Waals surface area (Å²) in [5.41, 5.74) is 6.12. The number of rotatable bonds is 6. The summed E-state index contributed by atoms with van der Waals surface area (Å²) in [6.07, 6.45) is -0.229. The maximum absolute atomic E-state index is 10.5. The van der Waals surface area contributed by atoms with E-state index in [0.717, 1.165) is 6.42 Å². The Morgan fingerprint density at radius 1 is 1.40 bits per heavy atom. The van der Waals surface area contributed by atoms with E-state index in [-0.39, 0.29) is 6.54 Å². The first kappa shape index (κ1) is 11.7. The maximum Gasteiger partial charge on any atom is 0.247 e. The number of carbonyl (C=O) groups excluding carboxylic acids is 1. The minimum absolute atomic E-state index is 0.210. The van der Waals surface area contributed by atoms with Crippen LogP contribution in [0.2, 0.25) is 0 Å². The molecule has 4 N–H and O–H groups in total. The van der Waals surface area contributed by atoms with Crippen LogP contribution in [0, 0.1) is 0 Å². The quantitative estimate of drug-likeness (QED) is 0.560. The molecule has 82 valence electrons. The largest absolute Gasteiger partial charge is 0.382 e. The smallest absolute Gasteiger partial charge is 0.247 e. The summed E-state index contributed by atoms with van der Waals surface area (Å²) in [5.74, 6) is -0.692. The van der Waals surface area contributed by atoms with Crippen LogP contribution < -0.4 is 11.1 Å². The maximum atomic E-state index is 10.5. The molecule has 0 aromatic heterocycles. The zero-order valence-electron chi connectivity index (χ0n) is 8.52. The molecule has 1 aromatic carbocycles. The second kappa shape index (κ2) is 6.16. The molecule has 1 atom stereocenters. The van der Waals surface area contributed by atoms with Gasteiger partial charge in [-0.15, -0.1) is 0 Å². The second-order valence-electron chi connectivity index (χ2n) is 3.36. The van der Waals surface area contributed by atoms with Gasteiger partial charge in [-0.25, -0.2) is 0 Å². The van der Waals surface area contributed by atoms with E-state index in [4.69, 9.17) is 10.8 Å². The highest BCUT2D eigenvalue weighted by atomic mass is 16.3. The van der Waals surface area contributed by atoms with Crippen molar-refractivity contribution in [1.29, 1.82) is 0 Å². The van der Waals surface area contributed by atoms with Gasteiger partial charge in [0.1, 0.15) is 6.10 Å². The van der Waals surface area contributed by atoms with Crippen molar-refractivity contribution in [2.45, 2.75) is 12.5 Å². The third-order valence-electron chi connectivity index (χ3n) is 2.10. The Bertz CT molecular complexity index is 301. The lowest BCUT2D eigenvalue weighted by atomic mass is 10.1.